The molecule has 3 N–H and O–H groups in total. The zero-order chi connectivity index (χ0) is 14.0. The molecule has 0 amide bonds. The molecule has 0 spiro atoms. The highest BCUT2D eigenvalue weighted by Gasteiger charge is 2.31. The van der Waals surface area contributed by atoms with Gasteiger partial charge in [0.25, 0.3) is 0 Å². The first-order valence-electron chi connectivity index (χ1n) is 7.20. The summed E-state index contributed by atoms with van der Waals surface area (Å²) in [6, 6.07) is 6.78. The smallest absolute Gasteiger partial charge is 0.106 e. The highest BCUT2D eigenvalue weighted by Crippen LogP contribution is 2.36. The maximum absolute atomic E-state index is 5.82. The van der Waals surface area contributed by atoms with Gasteiger partial charge in [-0.25, -0.2) is 0 Å². The second-order valence-corrected chi connectivity index (χ2v) is 6.21. The van der Waals surface area contributed by atoms with Gasteiger partial charge in [0.2, 0.25) is 0 Å². The number of rotatable bonds is 4. The van der Waals surface area contributed by atoms with Gasteiger partial charge in [-0.15, -0.1) is 0 Å². The molecule has 0 radical (unpaired) electrons. The van der Waals surface area contributed by atoms with Crippen LogP contribution < -0.4 is 11.1 Å². The Labute approximate surface area is 121 Å². The molecule has 2 nitrogen and oxygen atoms in total. The van der Waals surface area contributed by atoms with Crippen molar-refractivity contribution in [2.24, 2.45) is 17.6 Å². The second-order valence-electron chi connectivity index (χ2n) is 5.77. The standard InChI is InChI=1S/C16H24N2S/c1-4-12-6-8-14(11(12)3)18-15-9-10(2)5-7-13(15)16(17)19/h5,7,9,11-12,14,18H,4,6,8H2,1-3H3,(H2,17,19). The number of anilines is 1. The average molecular weight is 276 g/mol. The molecule has 0 heterocycles. The minimum Gasteiger partial charge on any atom is -0.389 e. The van der Waals surface area contributed by atoms with Crippen LogP contribution in [-0.4, -0.2) is 11.0 Å². The molecule has 104 valence electrons. The third-order valence-electron chi connectivity index (χ3n) is 4.53. The summed E-state index contributed by atoms with van der Waals surface area (Å²) in [6.45, 7) is 6.74. The van der Waals surface area contributed by atoms with Gasteiger partial charge >= 0.3 is 0 Å². The lowest BCUT2D eigenvalue weighted by Gasteiger charge is -2.23. The molecule has 1 aliphatic rings. The van der Waals surface area contributed by atoms with Crippen LogP contribution in [0.2, 0.25) is 0 Å². The summed E-state index contributed by atoms with van der Waals surface area (Å²) in [5, 5.41) is 3.68. The van der Waals surface area contributed by atoms with Gasteiger partial charge in [-0.2, -0.15) is 0 Å². The average Bonchev–Trinajstić information content (AvgIpc) is 2.70. The van der Waals surface area contributed by atoms with Crippen LogP contribution in [0.15, 0.2) is 18.2 Å². The summed E-state index contributed by atoms with van der Waals surface area (Å²) in [5.74, 6) is 1.56. The number of nitrogens with two attached hydrogens (primary N) is 1. The maximum atomic E-state index is 5.82. The first-order valence-corrected chi connectivity index (χ1v) is 7.60. The summed E-state index contributed by atoms with van der Waals surface area (Å²) in [6.07, 6.45) is 3.84. The quantitative estimate of drug-likeness (QED) is 0.820. The molecule has 2 rings (SSSR count). The van der Waals surface area contributed by atoms with E-state index in [1.54, 1.807) is 0 Å². The number of aryl methyl sites for hydroxylation is 1. The van der Waals surface area contributed by atoms with Gasteiger partial charge in [-0.1, -0.05) is 38.6 Å². The van der Waals surface area contributed by atoms with E-state index in [4.69, 9.17) is 18.0 Å². The van der Waals surface area contributed by atoms with Gasteiger partial charge in [0.05, 0.1) is 0 Å². The van der Waals surface area contributed by atoms with Crippen molar-refractivity contribution in [2.75, 3.05) is 5.32 Å². The monoisotopic (exact) mass is 276 g/mol. The molecule has 19 heavy (non-hydrogen) atoms. The third-order valence-corrected chi connectivity index (χ3v) is 4.75. The minimum absolute atomic E-state index is 0.472. The molecule has 3 atom stereocenters. The number of hydrogen-bond donors (Lipinski definition) is 2. The normalized spacial score (nSPS) is 26.4. The van der Waals surface area contributed by atoms with Crippen LogP contribution in [0, 0.1) is 18.8 Å². The Morgan fingerprint density at radius 2 is 2.16 bits per heavy atom. The Hall–Kier alpha value is -1.09. The van der Waals surface area contributed by atoms with Gasteiger partial charge in [0.15, 0.2) is 0 Å². The largest absolute Gasteiger partial charge is 0.389 e. The highest BCUT2D eigenvalue weighted by atomic mass is 32.1. The van der Waals surface area contributed by atoms with E-state index in [1.807, 2.05) is 6.07 Å². The summed E-state index contributed by atoms with van der Waals surface area (Å²) in [7, 11) is 0. The van der Waals surface area contributed by atoms with E-state index < -0.39 is 0 Å². The van der Waals surface area contributed by atoms with Gasteiger partial charge < -0.3 is 11.1 Å². The second kappa shape index (κ2) is 5.91. The molecule has 0 saturated heterocycles. The molecule has 0 bridgehead atoms. The number of benzene rings is 1. The zero-order valence-electron chi connectivity index (χ0n) is 12.1. The zero-order valence-corrected chi connectivity index (χ0v) is 12.9. The molecule has 3 unspecified atom stereocenters. The number of thiocarbonyl (C=S) groups is 1. The van der Waals surface area contributed by atoms with E-state index in [9.17, 15) is 0 Å². The summed E-state index contributed by atoms with van der Waals surface area (Å²) < 4.78 is 0. The van der Waals surface area contributed by atoms with Crippen LogP contribution in [0.5, 0.6) is 0 Å². The van der Waals surface area contributed by atoms with Crippen molar-refractivity contribution in [2.45, 2.75) is 46.1 Å². The lowest BCUT2D eigenvalue weighted by molar-refractivity contribution is 0.392. The van der Waals surface area contributed by atoms with Crippen molar-refractivity contribution >= 4 is 22.9 Å². The topological polar surface area (TPSA) is 38.0 Å². The van der Waals surface area contributed by atoms with Crippen molar-refractivity contribution in [3.63, 3.8) is 0 Å². The first kappa shape index (κ1) is 14.3. The van der Waals surface area contributed by atoms with Crippen LogP contribution in [-0.2, 0) is 0 Å². The molecule has 1 aromatic carbocycles. The minimum atomic E-state index is 0.472. The van der Waals surface area contributed by atoms with E-state index in [0.29, 0.717) is 16.9 Å². The summed E-state index contributed by atoms with van der Waals surface area (Å²) in [4.78, 5) is 0.472. The van der Waals surface area contributed by atoms with Gasteiger partial charge in [-0.3, -0.25) is 0 Å². The molecular formula is C16H24N2S. The van der Waals surface area contributed by atoms with E-state index in [2.05, 4.69) is 38.2 Å². The lowest BCUT2D eigenvalue weighted by atomic mass is 9.93. The third kappa shape index (κ3) is 3.08. The van der Waals surface area contributed by atoms with E-state index >= 15 is 0 Å². The Morgan fingerprint density at radius 3 is 2.74 bits per heavy atom. The Balaban J connectivity index is 2.19. The van der Waals surface area contributed by atoms with Gasteiger partial charge in [-0.05, 0) is 49.3 Å². The Morgan fingerprint density at radius 1 is 1.42 bits per heavy atom. The van der Waals surface area contributed by atoms with Crippen molar-refractivity contribution in [3.8, 4) is 0 Å². The molecule has 1 aromatic rings. The molecule has 1 saturated carbocycles. The lowest BCUT2D eigenvalue weighted by Crippen LogP contribution is -2.26. The summed E-state index contributed by atoms with van der Waals surface area (Å²) in [5.41, 5.74) is 9.12. The van der Waals surface area contributed by atoms with Gasteiger partial charge in [0.1, 0.15) is 4.99 Å². The predicted molar refractivity (Wildman–Crippen MR) is 86.7 cm³/mol. The first-order chi connectivity index (χ1) is 9.02. The van der Waals surface area contributed by atoms with Crippen LogP contribution in [0.1, 0.15) is 44.2 Å². The SMILES string of the molecule is CCC1CCC(Nc2cc(C)ccc2C(N)=S)C1C. The molecule has 0 aliphatic heterocycles. The van der Waals surface area contributed by atoms with Crippen molar-refractivity contribution in [1.82, 2.24) is 0 Å². The van der Waals surface area contributed by atoms with Crippen LogP contribution >= 0.6 is 12.2 Å². The molecular weight excluding hydrogens is 252 g/mol. The number of hydrogen-bond acceptors (Lipinski definition) is 2. The van der Waals surface area contributed by atoms with E-state index in [1.165, 1.54) is 24.8 Å². The molecule has 1 fully saturated rings. The molecule has 3 heteroatoms. The van der Waals surface area contributed by atoms with Crippen LogP contribution in [0.25, 0.3) is 0 Å². The molecule has 1 aliphatic carbocycles. The highest BCUT2D eigenvalue weighted by molar-refractivity contribution is 7.80. The van der Waals surface area contributed by atoms with Crippen molar-refractivity contribution in [3.05, 3.63) is 29.3 Å². The molecule has 0 aromatic heterocycles. The predicted octanol–water partition coefficient (Wildman–Crippen LogP) is 3.87. The van der Waals surface area contributed by atoms with Gasteiger partial charge in [0, 0.05) is 17.3 Å². The van der Waals surface area contributed by atoms with Crippen LogP contribution in [0.4, 0.5) is 5.69 Å². The van der Waals surface area contributed by atoms with Crippen LogP contribution in [0.3, 0.4) is 0 Å². The number of nitrogens with one attached hydrogen (secondary N) is 1. The Bertz CT molecular complexity index is 470. The fourth-order valence-corrected chi connectivity index (χ4v) is 3.40. The van der Waals surface area contributed by atoms with Crippen molar-refractivity contribution < 1.29 is 0 Å². The van der Waals surface area contributed by atoms with E-state index in [-0.39, 0.29) is 0 Å². The van der Waals surface area contributed by atoms with E-state index in [0.717, 1.165) is 17.2 Å². The fraction of sp³-hybridized carbons (Fsp3) is 0.562. The summed E-state index contributed by atoms with van der Waals surface area (Å²) >= 11 is 5.15. The van der Waals surface area contributed by atoms with Crippen molar-refractivity contribution in [1.29, 1.82) is 0 Å². The fourth-order valence-electron chi connectivity index (χ4n) is 3.22. The maximum Gasteiger partial charge on any atom is 0.106 e. The Kier molecular flexibility index (Phi) is 4.46.